The SMILES string of the molecule is O=S(O)c1ccc2c3nc4nc(nc5[n-]c(nc6nc(nc([n-]3)c2c1)-c1ccc(S(=O)(=O)O)cc1-6)c1ccc(S(=O)O)cc51)-c1ccc(S(=O)(=O)Cl)cc1-4.[Zn+2]. The van der Waals surface area contributed by atoms with Gasteiger partial charge in [-0.2, -0.15) is 8.42 Å². The fourth-order valence-electron chi connectivity index (χ4n) is 6.11. The molecular formula is C32H15ClN8O9S4Zn. The van der Waals surface area contributed by atoms with Crippen molar-refractivity contribution < 1.29 is 58.4 Å². The Kier molecular flexibility index (Phi) is 8.91. The molecule has 23 heteroatoms. The number of hydrogen-bond donors (Lipinski definition) is 3. The number of fused-ring (bicyclic) bond motifs is 20. The fourth-order valence-corrected chi connectivity index (χ4v) is 8.20. The third-order valence-corrected chi connectivity index (χ3v) is 12.1. The summed E-state index contributed by atoms with van der Waals surface area (Å²) in [6.07, 6.45) is 0. The first-order valence-electron chi connectivity index (χ1n) is 15.0. The van der Waals surface area contributed by atoms with Crippen LogP contribution in [0.3, 0.4) is 0 Å². The van der Waals surface area contributed by atoms with Gasteiger partial charge < -0.3 is 39.0 Å². The van der Waals surface area contributed by atoms with Gasteiger partial charge in [-0.25, -0.2) is 26.8 Å². The average molecular weight is 885 g/mol. The van der Waals surface area contributed by atoms with Gasteiger partial charge in [0.1, 0.15) is 0 Å². The van der Waals surface area contributed by atoms with Crippen molar-refractivity contribution in [3.05, 3.63) is 72.8 Å². The van der Waals surface area contributed by atoms with Gasteiger partial charge >= 0.3 is 19.5 Å². The van der Waals surface area contributed by atoms with Crippen LogP contribution < -0.4 is 9.97 Å². The maximum atomic E-state index is 12.4. The molecule has 0 aliphatic carbocycles. The predicted molar refractivity (Wildman–Crippen MR) is 195 cm³/mol. The van der Waals surface area contributed by atoms with Crippen LogP contribution in [-0.4, -0.2) is 68.8 Å². The second-order valence-electron chi connectivity index (χ2n) is 11.7. The molecule has 0 amide bonds. The Morgan fingerprint density at radius 1 is 0.509 bits per heavy atom. The van der Waals surface area contributed by atoms with Gasteiger partial charge in [0.25, 0.3) is 19.2 Å². The van der Waals surface area contributed by atoms with Crippen LogP contribution in [0.2, 0.25) is 0 Å². The summed E-state index contributed by atoms with van der Waals surface area (Å²) >= 11 is -4.79. The minimum Gasteiger partial charge on any atom is -0.357 e. The second-order valence-corrected chi connectivity index (χ2v) is 17.7. The predicted octanol–water partition coefficient (Wildman–Crippen LogP) is 4.46. The number of halogens is 1. The molecule has 5 heterocycles. The van der Waals surface area contributed by atoms with Crippen LogP contribution in [0.15, 0.2) is 92.4 Å². The zero-order chi connectivity index (χ0) is 37.8. The smallest absolute Gasteiger partial charge is 0.357 e. The van der Waals surface area contributed by atoms with Crippen molar-refractivity contribution in [3.63, 3.8) is 0 Å². The molecule has 2 unspecified atom stereocenters. The van der Waals surface area contributed by atoms with Crippen LogP contribution in [0.4, 0.5) is 0 Å². The van der Waals surface area contributed by atoms with Gasteiger partial charge in [0.05, 0.1) is 42.9 Å². The number of benzene rings is 4. The zero-order valence-corrected chi connectivity index (χ0v) is 34.0. The molecule has 0 spiro atoms. The minimum atomic E-state index is -4.68. The van der Waals surface area contributed by atoms with Crippen molar-refractivity contribution in [1.29, 1.82) is 0 Å². The molecule has 55 heavy (non-hydrogen) atoms. The van der Waals surface area contributed by atoms with Crippen LogP contribution in [0.25, 0.3) is 89.7 Å². The fraction of sp³-hybridized carbons (Fsp3) is 0. The molecular weight excluding hydrogens is 870 g/mol. The van der Waals surface area contributed by atoms with Crippen LogP contribution in [0.1, 0.15) is 0 Å². The van der Waals surface area contributed by atoms with E-state index in [1.54, 1.807) is 0 Å². The molecule has 9 rings (SSSR count). The zero-order valence-electron chi connectivity index (χ0n) is 27.0. The summed E-state index contributed by atoms with van der Waals surface area (Å²) in [4.78, 5) is 36.4. The Bertz CT molecular complexity index is 3100. The maximum absolute atomic E-state index is 12.4. The first-order chi connectivity index (χ1) is 25.6. The van der Waals surface area contributed by atoms with Crippen LogP contribution in [0.5, 0.6) is 0 Å². The van der Waals surface area contributed by atoms with Crippen molar-refractivity contribution in [2.45, 2.75) is 19.6 Å². The van der Waals surface area contributed by atoms with Gasteiger partial charge in [-0.3, -0.25) is 4.55 Å². The first kappa shape index (κ1) is 37.2. The Hall–Kier alpha value is -4.77. The molecule has 3 N–H and O–H groups in total. The first-order valence-corrected chi connectivity index (χ1v) is 21.0. The molecule has 2 aliphatic heterocycles. The van der Waals surface area contributed by atoms with Gasteiger partial charge in [0.2, 0.25) is 0 Å². The Labute approximate surface area is 330 Å². The molecule has 17 nitrogen and oxygen atoms in total. The molecule has 0 fully saturated rings. The average Bonchev–Trinajstić information content (AvgIpc) is 3.85. The standard InChI is InChI=1S/C32H15ClN8O9S4.Zn/c33-53(46,47)15-3-7-19-23(11-15)31-38-25-17-5-1-13(51(42)43)9-21(17)30(34-25)37-28-20-8-4-16(54(48,49)50)12-24(20)32(41-28)39-26-18-6-2-14(52(44)45)10-22(18)29(35-26)36-27(19)40-31;/h1-12H,(H3-2,34,35,36,37,38,39,40,41,42,43,44,45,48,49,50);/q-2;+2. The molecule has 270 valence electrons. The van der Waals surface area contributed by atoms with E-state index < -0.39 is 46.2 Å². The van der Waals surface area contributed by atoms with Crippen molar-refractivity contribution >= 4 is 96.1 Å². The van der Waals surface area contributed by atoms with Gasteiger partial charge in [0.15, 0.2) is 22.2 Å². The van der Waals surface area contributed by atoms with E-state index in [0.717, 1.165) is 12.1 Å². The summed E-state index contributed by atoms with van der Waals surface area (Å²) in [5, 5.41) is 1.25. The summed E-state index contributed by atoms with van der Waals surface area (Å²) in [5.41, 5.74) is 0.980. The molecule has 0 saturated heterocycles. The minimum absolute atomic E-state index is 0. The third kappa shape index (κ3) is 6.38. The molecule has 3 aromatic heterocycles. The number of nitrogens with zero attached hydrogens (tertiary/aromatic N) is 8. The monoisotopic (exact) mass is 882 g/mol. The van der Waals surface area contributed by atoms with E-state index in [9.17, 15) is 38.9 Å². The number of aromatic nitrogens is 8. The summed E-state index contributed by atoms with van der Waals surface area (Å²) < 4.78 is 103. The quantitative estimate of drug-likeness (QED) is 0.0953. The maximum Gasteiger partial charge on any atom is 2.00 e. The third-order valence-electron chi connectivity index (χ3n) is 8.57. The van der Waals surface area contributed by atoms with E-state index in [4.69, 9.17) is 10.7 Å². The molecule has 7 aromatic rings. The molecule has 0 radical (unpaired) electrons. The van der Waals surface area contributed by atoms with Crippen molar-refractivity contribution in [1.82, 2.24) is 39.9 Å². The molecule has 2 atom stereocenters. The van der Waals surface area contributed by atoms with Gasteiger partial charge in [-0.05, 0) is 70.1 Å². The van der Waals surface area contributed by atoms with E-state index in [0.29, 0.717) is 16.3 Å². The Balaban J connectivity index is 0.00000427. The van der Waals surface area contributed by atoms with Crippen LogP contribution >= 0.6 is 10.7 Å². The summed E-state index contributed by atoms with van der Waals surface area (Å²) in [5.74, 6) is -0.0942. The largest absolute Gasteiger partial charge is 2.00 e. The van der Waals surface area contributed by atoms with Gasteiger partial charge in [-0.1, -0.05) is 24.3 Å². The normalized spacial score (nSPS) is 13.6. The number of hydrogen-bond acceptors (Lipinski definition) is 12. The van der Waals surface area contributed by atoms with Crippen LogP contribution in [-0.2, 0) is 60.8 Å². The molecule has 4 aromatic carbocycles. The van der Waals surface area contributed by atoms with E-state index in [1.165, 1.54) is 60.7 Å². The topological polar surface area (TPSA) is 269 Å². The van der Waals surface area contributed by atoms with Crippen molar-refractivity contribution in [3.8, 4) is 45.6 Å². The summed E-state index contributed by atoms with van der Waals surface area (Å²) in [7, 11) is -3.19. The van der Waals surface area contributed by atoms with E-state index >= 15 is 0 Å². The summed E-state index contributed by atoms with van der Waals surface area (Å²) in [6.45, 7) is 0. The van der Waals surface area contributed by atoms with E-state index in [2.05, 4.69) is 39.9 Å². The van der Waals surface area contributed by atoms with Crippen LogP contribution in [0, 0.1) is 0 Å². The van der Waals surface area contributed by atoms with Crippen molar-refractivity contribution in [2.75, 3.05) is 0 Å². The number of rotatable bonds is 4. The summed E-state index contributed by atoms with van der Waals surface area (Å²) in [6, 6.07) is 16.2. The second kappa shape index (κ2) is 13.2. The Morgan fingerprint density at radius 2 is 0.891 bits per heavy atom. The van der Waals surface area contributed by atoms with E-state index in [1.807, 2.05) is 0 Å². The molecule has 0 saturated carbocycles. The molecule has 2 aliphatic rings. The van der Waals surface area contributed by atoms with Gasteiger partial charge in [-0.15, -0.1) is 0 Å². The van der Waals surface area contributed by atoms with Gasteiger partial charge in [0, 0.05) is 55.5 Å². The Morgan fingerprint density at radius 3 is 1.29 bits per heavy atom. The molecule has 8 bridgehead atoms. The van der Waals surface area contributed by atoms with E-state index in [-0.39, 0.29) is 108 Å². The van der Waals surface area contributed by atoms with Crippen molar-refractivity contribution in [2.24, 2.45) is 0 Å².